The van der Waals surface area contributed by atoms with Gasteiger partial charge in [-0.2, -0.15) is 0 Å². The second-order valence-electron chi connectivity index (χ2n) is 4.37. The fourth-order valence-electron chi connectivity index (χ4n) is 1.93. The predicted molar refractivity (Wildman–Crippen MR) is 83.8 cm³/mol. The van der Waals surface area contributed by atoms with E-state index in [1.807, 2.05) is 48.5 Å². The quantitative estimate of drug-likeness (QED) is 0.829. The number of hydrogen-bond donors (Lipinski definition) is 1. The molecule has 0 saturated carbocycles. The van der Waals surface area contributed by atoms with Gasteiger partial charge in [0.05, 0.1) is 20.3 Å². The second kappa shape index (κ2) is 7.03. The maximum absolute atomic E-state index is 5.73. The van der Waals surface area contributed by atoms with Crippen LogP contribution in [0.5, 0.6) is 5.75 Å². The lowest BCUT2D eigenvalue weighted by atomic mass is 10.1. The Hall–Kier alpha value is -1.91. The third-order valence-corrected chi connectivity index (χ3v) is 3.16. The van der Waals surface area contributed by atoms with Crippen molar-refractivity contribution in [1.29, 1.82) is 0 Å². The lowest BCUT2D eigenvalue weighted by Crippen LogP contribution is -2.12. The van der Waals surface area contributed by atoms with E-state index >= 15 is 0 Å². The molecule has 0 aliphatic heterocycles. The number of hydrogen-bond acceptors (Lipinski definition) is 3. The van der Waals surface area contributed by atoms with Crippen molar-refractivity contribution in [1.82, 2.24) is 0 Å². The van der Waals surface area contributed by atoms with E-state index < -0.39 is 0 Å². The Labute approximate surface area is 124 Å². The zero-order valence-electron chi connectivity index (χ0n) is 11.3. The average Bonchev–Trinajstić information content (AvgIpc) is 2.48. The summed E-state index contributed by atoms with van der Waals surface area (Å²) in [6, 6.07) is 15.6. The molecule has 0 radical (unpaired) electrons. The summed E-state index contributed by atoms with van der Waals surface area (Å²) in [5.74, 6) is 0.828. The van der Waals surface area contributed by atoms with Gasteiger partial charge < -0.3 is 15.2 Å². The summed E-state index contributed by atoms with van der Waals surface area (Å²) in [5.41, 5.74) is 8.63. The van der Waals surface area contributed by atoms with Crippen molar-refractivity contribution in [2.75, 3.05) is 7.11 Å². The first-order valence-electron chi connectivity index (χ1n) is 6.29. The molecule has 0 unspecified atom stereocenters. The molecule has 2 rings (SSSR count). The van der Waals surface area contributed by atoms with Crippen molar-refractivity contribution >= 4 is 17.2 Å². The summed E-state index contributed by atoms with van der Waals surface area (Å²) < 4.78 is 10.9. The molecule has 0 aliphatic carbocycles. The Bertz CT molecular complexity index is 599. The van der Waals surface area contributed by atoms with Gasteiger partial charge in [-0.15, -0.1) is 0 Å². The summed E-state index contributed by atoms with van der Waals surface area (Å²) in [5, 5.41) is 0. The number of benzene rings is 2. The number of methoxy groups -OCH3 is 1. The highest BCUT2D eigenvalue weighted by atomic mass is 32.1. The Morgan fingerprint density at radius 3 is 2.65 bits per heavy atom. The minimum atomic E-state index is 0.394. The molecule has 0 bridgehead atoms. The van der Waals surface area contributed by atoms with Crippen LogP contribution in [0.2, 0.25) is 0 Å². The third kappa shape index (κ3) is 3.79. The van der Waals surface area contributed by atoms with Gasteiger partial charge in [-0.05, 0) is 23.3 Å². The van der Waals surface area contributed by atoms with E-state index in [1.54, 1.807) is 7.11 Å². The van der Waals surface area contributed by atoms with Crippen LogP contribution in [0.4, 0.5) is 0 Å². The lowest BCUT2D eigenvalue weighted by molar-refractivity contribution is 0.107. The second-order valence-corrected chi connectivity index (χ2v) is 4.81. The fraction of sp³-hybridized carbons (Fsp3) is 0.188. The number of nitrogens with two attached hydrogens (primary N) is 1. The minimum Gasteiger partial charge on any atom is -0.497 e. The van der Waals surface area contributed by atoms with Crippen LogP contribution in [0.1, 0.15) is 16.7 Å². The van der Waals surface area contributed by atoms with Crippen LogP contribution < -0.4 is 10.5 Å². The van der Waals surface area contributed by atoms with Crippen LogP contribution in [0.15, 0.2) is 48.5 Å². The fourth-order valence-corrected chi connectivity index (χ4v) is 2.13. The molecule has 20 heavy (non-hydrogen) atoms. The largest absolute Gasteiger partial charge is 0.497 e. The monoisotopic (exact) mass is 287 g/mol. The molecule has 0 atom stereocenters. The van der Waals surface area contributed by atoms with Gasteiger partial charge in [0, 0.05) is 5.56 Å². The Kier molecular flexibility index (Phi) is 5.09. The van der Waals surface area contributed by atoms with Crippen LogP contribution in [0.25, 0.3) is 0 Å². The Morgan fingerprint density at radius 2 is 1.90 bits per heavy atom. The van der Waals surface area contributed by atoms with E-state index in [0.29, 0.717) is 18.2 Å². The van der Waals surface area contributed by atoms with Crippen molar-refractivity contribution in [2.45, 2.75) is 13.2 Å². The molecule has 2 N–H and O–H groups in total. The van der Waals surface area contributed by atoms with E-state index in [9.17, 15) is 0 Å². The molecular formula is C16H17NO2S. The molecule has 2 aromatic rings. The van der Waals surface area contributed by atoms with Gasteiger partial charge in [-0.25, -0.2) is 0 Å². The third-order valence-electron chi connectivity index (χ3n) is 2.94. The number of rotatable bonds is 6. The van der Waals surface area contributed by atoms with Gasteiger partial charge in [0.2, 0.25) is 0 Å². The SMILES string of the molecule is COc1cccc(COCc2ccccc2C(N)=S)c1. The van der Waals surface area contributed by atoms with Crippen LogP contribution in [-0.2, 0) is 18.0 Å². The molecule has 3 nitrogen and oxygen atoms in total. The zero-order chi connectivity index (χ0) is 14.4. The molecular weight excluding hydrogens is 270 g/mol. The summed E-state index contributed by atoms with van der Waals surface area (Å²) in [7, 11) is 1.65. The standard InChI is InChI=1S/C16H17NO2S/c1-18-14-7-4-5-12(9-14)10-19-11-13-6-2-3-8-15(13)16(17)20/h2-9H,10-11H2,1H3,(H2,17,20). The normalized spacial score (nSPS) is 10.2. The van der Waals surface area contributed by atoms with Crippen molar-refractivity contribution in [3.8, 4) is 5.75 Å². The number of thiocarbonyl (C=S) groups is 1. The highest BCUT2D eigenvalue weighted by molar-refractivity contribution is 7.80. The smallest absolute Gasteiger partial charge is 0.119 e. The van der Waals surface area contributed by atoms with Gasteiger partial charge in [-0.1, -0.05) is 48.6 Å². The Morgan fingerprint density at radius 1 is 1.10 bits per heavy atom. The molecule has 0 aromatic heterocycles. The van der Waals surface area contributed by atoms with E-state index in [2.05, 4.69) is 0 Å². The molecule has 0 heterocycles. The van der Waals surface area contributed by atoms with Crippen molar-refractivity contribution in [3.63, 3.8) is 0 Å². The maximum Gasteiger partial charge on any atom is 0.119 e. The topological polar surface area (TPSA) is 44.5 Å². The molecule has 4 heteroatoms. The lowest BCUT2D eigenvalue weighted by Gasteiger charge is -2.09. The van der Waals surface area contributed by atoms with Crippen molar-refractivity contribution < 1.29 is 9.47 Å². The van der Waals surface area contributed by atoms with Crippen molar-refractivity contribution in [2.24, 2.45) is 5.73 Å². The molecule has 2 aromatic carbocycles. The van der Waals surface area contributed by atoms with Gasteiger partial charge in [0.15, 0.2) is 0 Å². The molecule has 0 fully saturated rings. The van der Waals surface area contributed by atoms with E-state index in [1.165, 1.54) is 0 Å². The Balaban J connectivity index is 1.97. The molecule has 104 valence electrons. The van der Waals surface area contributed by atoms with Crippen LogP contribution in [-0.4, -0.2) is 12.1 Å². The first kappa shape index (κ1) is 14.5. The molecule has 0 spiro atoms. The predicted octanol–water partition coefficient (Wildman–Crippen LogP) is 3.05. The van der Waals surface area contributed by atoms with Crippen LogP contribution >= 0.6 is 12.2 Å². The maximum atomic E-state index is 5.73. The van der Waals surface area contributed by atoms with Crippen LogP contribution in [0.3, 0.4) is 0 Å². The summed E-state index contributed by atoms with van der Waals surface area (Å²) in [4.78, 5) is 0.394. The van der Waals surface area contributed by atoms with E-state index in [-0.39, 0.29) is 0 Å². The summed E-state index contributed by atoms with van der Waals surface area (Å²) in [6.45, 7) is 0.994. The minimum absolute atomic E-state index is 0.394. The summed E-state index contributed by atoms with van der Waals surface area (Å²) in [6.07, 6.45) is 0. The summed E-state index contributed by atoms with van der Waals surface area (Å²) >= 11 is 5.03. The van der Waals surface area contributed by atoms with Gasteiger partial charge in [-0.3, -0.25) is 0 Å². The first-order chi connectivity index (χ1) is 9.70. The highest BCUT2D eigenvalue weighted by Crippen LogP contribution is 2.15. The zero-order valence-corrected chi connectivity index (χ0v) is 12.2. The van der Waals surface area contributed by atoms with Gasteiger partial charge in [0.25, 0.3) is 0 Å². The molecule has 0 amide bonds. The van der Waals surface area contributed by atoms with Gasteiger partial charge in [0.1, 0.15) is 10.7 Å². The van der Waals surface area contributed by atoms with E-state index in [0.717, 1.165) is 22.4 Å². The van der Waals surface area contributed by atoms with Crippen molar-refractivity contribution in [3.05, 3.63) is 65.2 Å². The van der Waals surface area contributed by atoms with Crippen LogP contribution in [0, 0.1) is 0 Å². The highest BCUT2D eigenvalue weighted by Gasteiger charge is 2.04. The molecule has 0 aliphatic rings. The van der Waals surface area contributed by atoms with Gasteiger partial charge >= 0.3 is 0 Å². The first-order valence-corrected chi connectivity index (χ1v) is 6.70. The molecule has 0 saturated heterocycles. The van der Waals surface area contributed by atoms with E-state index in [4.69, 9.17) is 27.4 Å². The average molecular weight is 287 g/mol. The number of ether oxygens (including phenoxy) is 2.